The maximum absolute atomic E-state index is 5.93. The number of halogens is 2. The molecule has 0 amide bonds. The summed E-state index contributed by atoms with van der Waals surface area (Å²) in [4.78, 5) is 4.13. The predicted molar refractivity (Wildman–Crippen MR) is 70.1 cm³/mol. The topological polar surface area (TPSA) is 22.1 Å². The first-order valence-corrected chi connectivity index (χ1v) is 6.06. The third kappa shape index (κ3) is 3.11. The van der Waals surface area contributed by atoms with Gasteiger partial charge in [-0.3, -0.25) is 0 Å². The molecule has 0 radical (unpaired) electrons. The quantitative estimate of drug-likeness (QED) is 0.600. The van der Waals surface area contributed by atoms with Gasteiger partial charge in [-0.25, -0.2) is 4.98 Å². The second kappa shape index (κ2) is 5.39. The van der Waals surface area contributed by atoms with Gasteiger partial charge in [0.15, 0.2) is 0 Å². The van der Waals surface area contributed by atoms with Gasteiger partial charge < -0.3 is 4.74 Å². The van der Waals surface area contributed by atoms with Crippen molar-refractivity contribution in [1.82, 2.24) is 4.98 Å². The van der Waals surface area contributed by atoms with Gasteiger partial charge >= 0.3 is 0 Å². The number of nitrogens with zero attached hydrogens (tertiary/aromatic N) is 1. The van der Waals surface area contributed by atoms with Crippen LogP contribution in [0, 0.1) is 6.92 Å². The summed E-state index contributed by atoms with van der Waals surface area (Å²) < 4.78 is 5.60. The monoisotopic (exact) mass is 267 g/mol. The zero-order valence-electron chi connectivity index (χ0n) is 9.28. The molecule has 2 aromatic rings. The van der Waals surface area contributed by atoms with Gasteiger partial charge in [0.2, 0.25) is 5.88 Å². The van der Waals surface area contributed by atoms with Crippen molar-refractivity contribution in [3.05, 3.63) is 52.7 Å². The fraction of sp³-hybridized carbons (Fsp3) is 0.154. The molecular formula is C13H11Cl2NO. The third-order valence-electron chi connectivity index (χ3n) is 2.28. The Morgan fingerprint density at radius 2 is 2.06 bits per heavy atom. The SMILES string of the molecule is Cc1ccc(Oc2cccc(CCl)c2)nc1Cl. The van der Waals surface area contributed by atoms with Crippen molar-refractivity contribution in [2.75, 3.05) is 0 Å². The summed E-state index contributed by atoms with van der Waals surface area (Å²) in [6, 6.07) is 11.2. The Hall–Kier alpha value is -1.25. The van der Waals surface area contributed by atoms with E-state index < -0.39 is 0 Å². The standard InChI is InChI=1S/C13H11Cl2NO/c1-9-5-6-12(16-13(9)15)17-11-4-2-3-10(7-11)8-14/h2-7H,8H2,1H3. The Balaban J connectivity index is 2.22. The van der Waals surface area contributed by atoms with E-state index in [1.54, 1.807) is 6.07 Å². The van der Waals surface area contributed by atoms with Gasteiger partial charge in [0, 0.05) is 11.9 Å². The molecular weight excluding hydrogens is 257 g/mol. The molecule has 0 spiro atoms. The van der Waals surface area contributed by atoms with E-state index in [4.69, 9.17) is 27.9 Å². The van der Waals surface area contributed by atoms with E-state index in [0.29, 0.717) is 22.7 Å². The van der Waals surface area contributed by atoms with E-state index in [-0.39, 0.29) is 0 Å². The van der Waals surface area contributed by atoms with Gasteiger partial charge in [-0.05, 0) is 30.2 Å². The summed E-state index contributed by atoms with van der Waals surface area (Å²) >= 11 is 11.7. The van der Waals surface area contributed by atoms with Crippen molar-refractivity contribution >= 4 is 23.2 Å². The summed E-state index contributed by atoms with van der Waals surface area (Å²) in [5.74, 6) is 1.64. The van der Waals surface area contributed by atoms with Crippen molar-refractivity contribution in [2.45, 2.75) is 12.8 Å². The Kier molecular flexibility index (Phi) is 3.87. The molecule has 2 nitrogen and oxygen atoms in total. The molecule has 0 N–H and O–H groups in total. The Bertz CT molecular complexity index is 529. The van der Waals surface area contributed by atoms with Crippen molar-refractivity contribution in [3.8, 4) is 11.6 Å². The van der Waals surface area contributed by atoms with Crippen LogP contribution in [0.5, 0.6) is 11.6 Å². The van der Waals surface area contributed by atoms with Gasteiger partial charge in [-0.15, -0.1) is 11.6 Å². The molecule has 88 valence electrons. The number of aryl methyl sites for hydroxylation is 1. The number of rotatable bonds is 3. The first-order valence-electron chi connectivity index (χ1n) is 5.15. The van der Waals surface area contributed by atoms with Crippen LogP contribution in [0.2, 0.25) is 5.15 Å². The minimum absolute atomic E-state index is 0.455. The molecule has 0 atom stereocenters. The fourth-order valence-electron chi connectivity index (χ4n) is 1.36. The normalized spacial score (nSPS) is 10.3. The molecule has 0 aliphatic heterocycles. The minimum atomic E-state index is 0.455. The number of alkyl halides is 1. The molecule has 1 aromatic heterocycles. The Morgan fingerprint density at radius 1 is 1.24 bits per heavy atom. The average Bonchev–Trinajstić information content (AvgIpc) is 2.34. The molecule has 1 heterocycles. The molecule has 0 fully saturated rings. The molecule has 0 aliphatic carbocycles. The van der Waals surface area contributed by atoms with Crippen LogP contribution in [0.4, 0.5) is 0 Å². The largest absolute Gasteiger partial charge is 0.439 e. The molecule has 1 aromatic carbocycles. The lowest BCUT2D eigenvalue weighted by atomic mass is 10.2. The first kappa shape index (κ1) is 12.2. The molecule has 0 unspecified atom stereocenters. The molecule has 0 saturated carbocycles. The summed E-state index contributed by atoms with van der Waals surface area (Å²) in [6.07, 6.45) is 0. The van der Waals surface area contributed by atoms with E-state index >= 15 is 0 Å². The van der Waals surface area contributed by atoms with Crippen LogP contribution in [-0.2, 0) is 5.88 Å². The Labute approximate surface area is 110 Å². The number of ether oxygens (including phenoxy) is 1. The van der Waals surface area contributed by atoms with E-state index in [1.165, 1.54) is 0 Å². The second-order valence-corrected chi connectivity index (χ2v) is 4.27. The van der Waals surface area contributed by atoms with E-state index in [2.05, 4.69) is 4.98 Å². The van der Waals surface area contributed by atoms with E-state index in [9.17, 15) is 0 Å². The number of hydrogen-bond donors (Lipinski definition) is 0. The molecule has 0 aliphatic rings. The van der Waals surface area contributed by atoms with Crippen molar-refractivity contribution in [1.29, 1.82) is 0 Å². The lowest BCUT2D eigenvalue weighted by Crippen LogP contribution is -1.90. The van der Waals surface area contributed by atoms with Gasteiger partial charge in [0.1, 0.15) is 10.9 Å². The molecule has 0 bridgehead atoms. The lowest BCUT2D eigenvalue weighted by Gasteiger charge is -2.06. The van der Waals surface area contributed by atoms with Gasteiger partial charge in [0.25, 0.3) is 0 Å². The van der Waals surface area contributed by atoms with Crippen molar-refractivity contribution < 1.29 is 4.74 Å². The molecule has 17 heavy (non-hydrogen) atoms. The van der Waals surface area contributed by atoms with Crippen LogP contribution in [0.3, 0.4) is 0 Å². The summed E-state index contributed by atoms with van der Waals surface area (Å²) in [5.41, 5.74) is 1.93. The fourth-order valence-corrected chi connectivity index (χ4v) is 1.67. The second-order valence-electron chi connectivity index (χ2n) is 3.64. The Morgan fingerprint density at radius 3 is 2.76 bits per heavy atom. The number of hydrogen-bond acceptors (Lipinski definition) is 2. The maximum atomic E-state index is 5.93. The molecule has 0 saturated heterocycles. The summed E-state index contributed by atoms with van der Waals surface area (Å²) in [7, 11) is 0. The van der Waals surface area contributed by atoms with Gasteiger partial charge in [-0.1, -0.05) is 29.8 Å². The van der Waals surface area contributed by atoms with Crippen LogP contribution in [0.25, 0.3) is 0 Å². The van der Waals surface area contributed by atoms with Crippen molar-refractivity contribution in [3.63, 3.8) is 0 Å². The highest BCUT2D eigenvalue weighted by atomic mass is 35.5. The van der Waals surface area contributed by atoms with E-state index in [0.717, 1.165) is 11.1 Å². The molecule has 4 heteroatoms. The van der Waals surface area contributed by atoms with Gasteiger partial charge in [0.05, 0.1) is 0 Å². The summed E-state index contributed by atoms with van der Waals surface area (Å²) in [5, 5.41) is 0.455. The van der Waals surface area contributed by atoms with E-state index in [1.807, 2.05) is 37.3 Å². The minimum Gasteiger partial charge on any atom is -0.439 e. The highest BCUT2D eigenvalue weighted by molar-refractivity contribution is 6.30. The predicted octanol–water partition coefficient (Wildman–Crippen LogP) is 4.57. The third-order valence-corrected chi connectivity index (χ3v) is 2.98. The van der Waals surface area contributed by atoms with Crippen LogP contribution < -0.4 is 4.74 Å². The number of pyridine rings is 1. The summed E-state index contributed by atoms with van der Waals surface area (Å²) in [6.45, 7) is 1.90. The highest BCUT2D eigenvalue weighted by Crippen LogP contribution is 2.23. The average molecular weight is 268 g/mol. The van der Waals surface area contributed by atoms with Gasteiger partial charge in [-0.2, -0.15) is 0 Å². The van der Waals surface area contributed by atoms with Crippen LogP contribution in [0.1, 0.15) is 11.1 Å². The first-order chi connectivity index (χ1) is 8.19. The maximum Gasteiger partial charge on any atom is 0.220 e. The zero-order chi connectivity index (χ0) is 12.3. The lowest BCUT2D eigenvalue weighted by molar-refractivity contribution is 0.462. The number of aromatic nitrogens is 1. The van der Waals surface area contributed by atoms with Crippen LogP contribution in [-0.4, -0.2) is 4.98 Å². The number of benzene rings is 1. The zero-order valence-corrected chi connectivity index (χ0v) is 10.8. The van der Waals surface area contributed by atoms with Crippen LogP contribution in [0.15, 0.2) is 36.4 Å². The molecule has 2 rings (SSSR count). The highest BCUT2D eigenvalue weighted by Gasteiger charge is 2.02. The van der Waals surface area contributed by atoms with Crippen LogP contribution >= 0.6 is 23.2 Å². The smallest absolute Gasteiger partial charge is 0.220 e. The van der Waals surface area contributed by atoms with Crippen molar-refractivity contribution in [2.24, 2.45) is 0 Å².